The number of cyclic esters (lactones) is 1. The van der Waals surface area contributed by atoms with E-state index in [4.69, 9.17) is 9.15 Å². The molecule has 1 N–H and O–H groups in total. The fourth-order valence-corrected chi connectivity index (χ4v) is 3.32. The Morgan fingerprint density at radius 3 is 2.76 bits per heavy atom. The molecule has 0 saturated carbocycles. The van der Waals surface area contributed by atoms with Gasteiger partial charge in [0.05, 0.1) is 18.1 Å². The van der Waals surface area contributed by atoms with E-state index in [9.17, 15) is 9.90 Å². The van der Waals surface area contributed by atoms with Gasteiger partial charge in [-0.2, -0.15) is 0 Å². The number of aliphatic hydroxyl groups is 1. The molecule has 0 bridgehead atoms. The summed E-state index contributed by atoms with van der Waals surface area (Å²) in [6.07, 6.45) is 17.7. The first-order valence-electron chi connectivity index (χ1n) is 10.5. The summed E-state index contributed by atoms with van der Waals surface area (Å²) in [5.41, 5.74) is 4.11. The molecule has 0 aromatic carbocycles. The van der Waals surface area contributed by atoms with Crippen LogP contribution in [0.15, 0.2) is 69.8 Å². The average Bonchev–Trinajstić information content (AvgIpc) is 3.27. The highest BCUT2D eigenvalue weighted by molar-refractivity contribution is 5.91. The van der Waals surface area contributed by atoms with Gasteiger partial charge in [-0.05, 0) is 70.4 Å². The van der Waals surface area contributed by atoms with Gasteiger partial charge in [0.2, 0.25) is 0 Å². The lowest BCUT2D eigenvalue weighted by molar-refractivity contribution is -0.140. The summed E-state index contributed by atoms with van der Waals surface area (Å²) < 4.78 is 10.3. The van der Waals surface area contributed by atoms with Crippen molar-refractivity contribution in [3.05, 3.63) is 70.9 Å². The predicted octanol–water partition coefficient (Wildman–Crippen LogP) is 6.61. The Bertz CT molecular complexity index is 778. The van der Waals surface area contributed by atoms with Crippen molar-refractivity contribution in [1.82, 2.24) is 0 Å². The molecule has 2 rings (SSSR count). The molecule has 0 unspecified atom stereocenters. The lowest BCUT2D eigenvalue weighted by Gasteiger charge is -2.11. The molecule has 1 aromatic heterocycles. The first-order chi connectivity index (χ1) is 13.9. The maximum Gasteiger partial charge on any atom is 0.338 e. The zero-order valence-corrected chi connectivity index (χ0v) is 18.1. The van der Waals surface area contributed by atoms with E-state index in [1.165, 1.54) is 11.1 Å². The highest BCUT2D eigenvalue weighted by Crippen LogP contribution is 2.25. The Morgan fingerprint density at radius 1 is 1.31 bits per heavy atom. The minimum atomic E-state index is -0.516. The van der Waals surface area contributed by atoms with E-state index in [2.05, 4.69) is 38.2 Å². The number of aliphatic hydroxyl groups excluding tert-OH is 1. The summed E-state index contributed by atoms with van der Waals surface area (Å²) in [6, 6.07) is 2.03. The predicted molar refractivity (Wildman–Crippen MR) is 117 cm³/mol. The molecule has 0 aliphatic carbocycles. The van der Waals surface area contributed by atoms with Crippen LogP contribution >= 0.6 is 0 Å². The van der Waals surface area contributed by atoms with Crippen molar-refractivity contribution in [3.63, 3.8) is 0 Å². The van der Waals surface area contributed by atoms with E-state index in [1.54, 1.807) is 13.2 Å². The molecule has 0 radical (unpaired) electrons. The van der Waals surface area contributed by atoms with Crippen molar-refractivity contribution in [2.45, 2.75) is 72.3 Å². The summed E-state index contributed by atoms with van der Waals surface area (Å²) in [5, 5.41) is 9.92. The number of hydrogen-bond acceptors (Lipinski definition) is 4. The minimum absolute atomic E-state index is 0.0750. The fourth-order valence-electron chi connectivity index (χ4n) is 3.32. The van der Waals surface area contributed by atoms with Crippen molar-refractivity contribution in [2.75, 3.05) is 0 Å². The molecular weight excluding hydrogens is 364 g/mol. The summed E-state index contributed by atoms with van der Waals surface area (Å²) >= 11 is 0. The molecule has 0 spiro atoms. The Balaban J connectivity index is 1.65. The number of esters is 1. The Labute approximate surface area is 174 Å². The topological polar surface area (TPSA) is 59.7 Å². The van der Waals surface area contributed by atoms with Gasteiger partial charge in [0.25, 0.3) is 0 Å². The van der Waals surface area contributed by atoms with Gasteiger partial charge in [-0.1, -0.05) is 42.4 Å². The van der Waals surface area contributed by atoms with Crippen molar-refractivity contribution in [3.8, 4) is 0 Å². The molecule has 1 aliphatic rings. The molecular formula is C25H34O4. The van der Waals surface area contributed by atoms with Crippen molar-refractivity contribution in [1.29, 1.82) is 0 Å². The molecule has 0 fully saturated rings. The summed E-state index contributed by atoms with van der Waals surface area (Å²) in [5.74, 6) is 0.156. The van der Waals surface area contributed by atoms with Gasteiger partial charge < -0.3 is 14.3 Å². The summed E-state index contributed by atoms with van der Waals surface area (Å²) in [6.45, 7) is 8.02. The van der Waals surface area contributed by atoms with E-state index in [0.29, 0.717) is 17.9 Å². The lowest BCUT2D eigenvalue weighted by atomic mass is 10.0. The van der Waals surface area contributed by atoms with Gasteiger partial charge in [-0.15, -0.1) is 0 Å². The third-order valence-corrected chi connectivity index (χ3v) is 5.30. The first-order valence-corrected chi connectivity index (χ1v) is 10.5. The third-order valence-electron chi connectivity index (χ3n) is 5.30. The lowest BCUT2D eigenvalue weighted by Crippen LogP contribution is -2.12. The molecule has 0 saturated heterocycles. The molecule has 2 atom stereocenters. The minimum Gasteiger partial charge on any atom is -0.508 e. The molecule has 29 heavy (non-hydrogen) atoms. The fraction of sp³-hybridized carbons (Fsp3) is 0.480. The molecule has 1 aliphatic heterocycles. The molecule has 1 aromatic rings. The Kier molecular flexibility index (Phi) is 9.04. The molecule has 158 valence electrons. The quantitative estimate of drug-likeness (QED) is 0.259. The molecule has 4 heteroatoms. The van der Waals surface area contributed by atoms with E-state index in [-0.39, 0.29) is 5.76 Å². The number of furan rings is 1. The maximum atomic E-state index is 11.5. The van der Waals surface area contributed by atoms with Crippen LogP contribution in [0.3, 0.4) is 0 Å². The van der Waals surface area contributed by atoms with E-state index < -0.39 is 12.1 Å². The van der Waals surface area contributed by atoms with Crippen LogP contribution in [-0.2, 0) is 16.0 Å². The number of ether oxygens (including phenoxy) is 1. The van der Waals surface area contributed by atoms with Crippen LogP contribution in [-0.4, -0.2) is 17.2 Å². The van der Waals surface area contributed by atoms with Crippen molar-refractivity contribution < 1.29 is 19.1 Å². The number of allylic oxidation sites excluding steroid dienone is 5. The molecule has 4 nitrogen and oxygen atoms in total. The Morgan fingerprint density at radius 2 is 2.10 bits per heavy atom. The normalized spacial score (nSPS) is 19.3. The van der Waals surface area contributed by atoms with Crippen LogP contribution in [0.4, 0.5) is 0 Å². The number of aryl methyl sites for hydroxylation is 1. The van der Waals surface area contributed by atoms with Gasteiger partial charge in [0, 0.05) is 6.42 Å². The van der Waals surface area contributed by atoms with E-state index in [0.717, 1.165) is 37.7 Å². The van der Waals surface area contributed by atoms with Crippen LogP contribution < -0.4 is 0 Å². The largest absolute Gasteiger partial charge is 0.508 e. The standard InChI is InChI=1S/C25H34O4/c1-18(8-5-9-19(2)11-7-13-22-14-15-28-17-22)10-6-12-20(3)16-23-24(26)21(4)25(27)29-23/h5,8-9,12,14-15,17-18,23,26H,6-7,10-11,13,16H2,1-4H3/t18-,23-/m1/s1. The second-order valence-electron chi connectivity index (χ2n) is 8.10. The smallest absolute Gasteiger partial charge is 0.338 e. The zero-order valence-electron chi connectivity index (χ0n) is 18.1. The number of carbonyl (C=O) groups is 1. The first kappa shape index (κ1) is 22.8. The van der Waals surface area contributed by atoms with Crippen LogP contribution in [0.5, 0.6) is 0 Å². The van der Waals surface area contributed by atoms with Crippen LogP contribution in [0.25, 0.3) is 0 Å². The van der Waals surface area contributed by atoms with Crippen molar-refractivity contribution in [2.24, 2.45) is 5.92 Å². The van der Waals surface area contributed by atoms with Crippen LogP contribution in [0.2, 0.25) is 0 Å². The number of hydrogen-bond donors (Lipinski definition) is 1. The number of rotatable bonds is 11. The second kappa shape index (κ2) is 11.5. The second-order valence-corrected chi connectivity index (χ2v) is 8.10. The Hall–Kier alpha value is -2.49. The average molecular weight is 399 g/mol. The summed E-state index contributed by atoms with van der Waals surface area (Å²) in [4.78, 5) is 11.5. The van der Waals surface area contributed by atoms with Crippen LogP contribution in [0, 0.1) is 5.92 Å². The van der Waals surface area contributed by atoms with Gasteiger partial charge in [0.1, 0.15) is 5.76 Å². The van der Waals surface area contributed by atoms with Gasteiger partial charge in [0.15, 0.2) is 6.10 Å². The SMILES string of the molecule is CC(=CC=C[C@@H](C)CCC=C(C)C[C@H]1OC(=O)C(C)=C1O)CCCc1ccoc1. The highest BCUT2D eigenvalue weighted by atomic mass is 16.6. The van der Waals surface area contributed by atoms with Crippen molar-refractivity contribution >= 4 is 5.97 Å². The molecule has 0 amide bonds. The maximum absolute atomic E-state index is 11.5. The molecule has 2 heterocycles. The third kappa shape index (κ3) is 7.80. The van der Waals surface area contributed by atoms with Gasteiger partial charge >= 0.3 is 5.97 Å². The van der Waals surface area contributed by atoms with E-state index in [1.807, 2.05) is 19.3 Å². The number of carbonyl (C=O) groups excluding carboxylic acids is 1. The highest BCUT2D eigenvalue weighted by Gasteiger charge is 2.31. The zero-order chi connectivity index (χ0) is 21.2. The van der Waals surface area contributed by atoms with E-state index >= 15 is 0 Å². The van der Waals surface area contributed by atoms with Gasteiger partial charge in [-0.3, -0.25) is 0 Å². The van der Waals surface area contributed by atoms with Gasteiger partial charge in [-0.25, -0.2) is 4.79 Å². The summed E-state index contributed by atoms with van der Waals surface area (Å²) in [7, 11) is 0. The monoisotopic (exact) mass is 398 g/mol. The van der Waals surface area contributed by atoms with Crippen LogP contribution in [0.1, 0.15) is 65.4 Å².